The fraction of sp³-hybridized carbons (Fsp3) is 0.250. The number of Topliss-reactive ketones (excluding diaryl/α,β-unsaturated/α-hetero) is 1. The number of nitrogens with zero attached hydrogens (tertiary/aromatic N) is 3. The Morgan fingerprint density at radius 3 is 2.60 bits per heavy atom. The van der Waals surface area contributed by atoms with Crippen LogP contribution in [-0.2, 0) is 4.74 Å². The number of benzene rings is 1. The van der Waals surface area contributed by atoms with Crippen LogP contribution in [0.25, 0.3) is 5.69 Å². The van der Waals surface area contributed by atoms with Crippen molar-refractivity contribution in [3.05, 3.63) is 42.2 Å². The van der Waals surface area contributed by atoms with E-state index in [9.17, 15) is 18.0 Å². The molecule has 106 valence electrons. The summed E-state index contributed by atoms with van der Waals surface area (Å²) < 4.78 is 41.4. The number of carbonyl (C=O) groups is 1. The maximum atomic E-state index is 11.9. The lowest BCUT2D eigenvalue weighted by molar-refractivity contribution is -0.170. The zero-order chi connectivity index (χ0) is 14.6. The van der Waals surface area contributed by atoms with E-state index in [4.69, 9.17) is 0 Å². The molecule has 20 heavy (non-hydrogen) atoms. The average Bonchev–Trinajstić information content (AvgIpc) is 2.87. The number of para-hydroxylation sites is 1. The van der Waals surface area contributed by atoms with Crippen LogP contribution in [-0.4, -0.2) is 40.2 Å². The van der Waals surface area contributed by atoms with Crippen LogP contribution in [0, 0.1) is 0 Å². The third-order valence-corrected chi connectivity index (χ3v) is 2.33. The molecule has 0 aliphatic carbocycles. The summed E-state index contributed by atoms with van der Waals surface area (Å²) in [6.07, 6.45) is -3.27. The van der Waals surface area contributed by atoms with E-state index in [1.807, 2.05) is 0 Å². The second-order valence-corrected chi connectivity index (χ2v) is 3.90. The fourth-order valence-corrected chi connectivity index (χ4v) is 1.52. The maximum absolute atomic E-state index is 11.9. The summed E-state index contributed by atoms with van der Waals surface area (Å²) >= 11 is 0. The lowest BCUT2D eigenvalue weighted by atomic mass is 10.3. The fourth-order valence-electron chi connectivity index (χ4n) is 1.52. The summed E-state index contributed by atoms with van der Waals surface area (Å²) in [4.78, 5) is 11.8. The van der Waals surface area contributed by atoms with Gasteiger partial charge in [0.15, 0.2) is 0 Å². The number of ether oxygens (including phenoxy) is 1. The molecule has 0 aliphatic heterocycles. The number of hydrogen-bond donors (Lipinski definition) is 0. The lowest BCUT2D eigenvalue weighted by Crippen LogP contribution is -2.21. The predicted octanol–water partition coefficient (Wildman–Crippen LogP) is 2.03. The van der Waals surface area contributed by atoms with E-state index in [0.29, 0.717) is 5.69 Å². The summed E-state index contributed by atoms with van der Waals surface area (Å²) in [6, 6.07) is 8.66. The second kappa shape index (κ2) is 5.83. The quantitative estimate of drug-likeness (QED) is 0.789. The average molecular weight is 285 g/mol. The third kappa shape index (κ3) is 3.64. The number of rotatable bonds is 5. The lowest BCUT2D eigenvalue weighted by Gasteiger charge is -2.08. The molecule has 1 aromatic heterocycles. The van der Waals surface area contributed by atoms with Crippen LogP contribution < -0.4 is 0 Å². The smallest absolute Gasteiger partial charge is 0.364 e. The molecule has 2 rings (SSSR count). The molecular weight excluding hydrogens is 275 g/mol. The third-order valence-electron chi connectivity index (χ3n) is 2.33. The van der Waals surface area contributed by atoms with Crippen molar-refractivity contribution < 1.29 is 22.7 Å². The van der Waals surface area contributed by atoms with Gasteiger partial charge < -0.3 is 4.74 Å². The first-order chi connectivity index (χ1) is 9.47. The Kier molecular flexibility index (Phi) is 4.14. The molecule has 0 unspecified atom stereocenters. The number of carbonyl (C=O) groups excluding carboxylic acids is 1. The van der Waals surface area contributed by atoms with Gasteiger partial charge in [-0.2, -0.15) is 13.2 Å². The van der Waals surface area contributed by atoms with Gasteiger partial charge in [-0.3, -0.25) is 4.79 Å². The summed E-state index contributed by atoms with van der Waals surface area (Å²) in [6.45, 7) is -2.15. The van der Waals surface area contributed by atoms with Crippen molar-refractivity contribution in [2.45, 2.75) is 6.18 Å². The number of ketones is 1. The Morgan fingerprint density at radius 2 is 1.95 bits per heavy atom. The summed E-state index contributed by atoms with van der Waals surface area (Å²) in [7, 11) is 0. The van der Waals surface area contributed by atoms with Crippen molar-refractivity contribution >= 4 is 5.78 Å². The molecule has 1 heterocycles. The van der Waals surface area contributed by atoms with Gasteiger partial charge in [-0.1, -0.05) is 23.4 Å². The Balaban J connectivity index is 2.07. The largest absolute Gasteiger partial charge is 0.411 e. The van der Waals surface area contributed by atoms with Crippen molar-refractivity contribution in [1.29, 1.82) is 0 Å². The van der Waals surface area contributed by atoms with E-state index in [-0.39, 0.29) is 5.69 Å². The first-order valence-corrected chi connectivity index (χ1v) is 5.61. The van der Waals surface area contributed by atoms with Crippen LogP contribution in [0.5, 0.6) is 0 Å². The molecule has 8 heteroatoms. The summed E-state index contributed by atoms with van der Waals surface area (Å²) in [5.74, 6) is -0.622. The topological polar surface area (TPSA) is 57.0 Å². The number of halogens is 3. The molecule has 0 spiro atoms. The first kappa shape index (κ1) is 14.2. The molecule has 2 aromatic rings. The SMILES string of the molecule is O=C(COCC(F)(F)F)c1cnnn1-c1ccccc1. The van der Waals surface area contributed by atoms with Crippen LogP contribution in [0.3, 0.4) is 0 Å². The minimum Gasteiger partial charge on any atom is -0.364 e. The highest BCUT2D eigenvalue weighted by atomic mass is 19.4. The van der Waals surface area contributed by atoms with Gasteiger partial charge in [0.2, 0.25) is 5.78 Å². The van der Waals surface area contributed by atoms with E-state index in [1.165, 1.54) is 10.9 Å². The highest BCUT2D eigenvalue weighted by Crippen LogP contribution is 2.15. The van der Waals surface area contributed by atoms with E-state index in [2.05, 4.69) is 15.0 Å². The van der Waals surface area contributed by atoms with Gasteiger partial charge >= 0.3 is 6.18 Å². The number of alkyl halides is 3. The van der Waals surface area contributed by atoms with Crippen LogP contribution in [0.1, 0.15) is 10.5 Å². The molecule has 0 saturated heterocycles. The van der Waals surface area contributed by atoms with E-state index >= 15 is 0 Å². The highest BCUT2D eigenvalue weighted by molar-refractivity contribution is 5.95. The number of hydrogen-bond acceptors (Lipinski definition) is 4. The summed E-state index contributed by atoms with van der Waals surface area (Å²) in [5, 5.41) is 7.32. The summed E-state index contributed by atoms with van der Waals surface area (Å²) in [5.41, 5.74) is 0.655. The van der Waals surface area contributed by atoms with E-state index < -0.39 is 25.2 Å². The number of aromatic nitrogens is 3. The molecule has 0 N–H and O–H groups in total. The molecule has 0 amide bonds. The zero-order valence-corrected chi connectivity index (χ0v) is 10.2. The first-order valence-electron chi connectivity index (χ1n) is 5.61. The predicted molar refractivity (Wildman–Crippen MR) is 62.6 cm³/mol. The van der Waals surface area contributed by atoms with Gasteiger partial charge in [0.25, 0.3) is 0 Å². The minimum atomic E-state index is -4.46. The van der Waals surface area contributed by atoms with Crippen LogP contribution >= 0.6 is 0 Å². The van der Waals surface area contributed by atoms with Crippen LogP contribution in [0.15, 0.2) is 36.5 Å². The maximum Gasteiger partial charge on any atom is 0.411 e. The highest BCUT2D eigenvalue weighted by Gasteiger charge is 2.28. The minimum absolute atomic E-state index is 0.0679. The van der Waals surface area contributed by atoms with Gasteiger partial charge in [-0.15, -0.1) is 5.10 Å². The van der Waals surface area contributed by atoms with Gasteiger partial charge in [0.05, 0.1) is 11.9 Å². The van der Waals surface area contributed by atoms with Gasteiger partial charge in [-0.05, 0) is 12.1 Å². The van der Waals surface area contributed by atoms with Crippen molar-refractivity contribution in [1.82, 2.24) is 15.0 Å². The molecule has 0 bridgehead atoms. The molecule has 0 saturated carbocycles. The van der Waals surface area contributed by atoms with Crippen molar-refractivity contribution in [2.75, 3.05) is 13.2 Å². The molecule has 0 fully saturated rings. The van der Waals surface area contributed by atoms with Gasteiger partial charge in [-0.25, -0.2) is 4.68 Å². The van der Waals surface area contributed by atoms with Crippen molar-refractivity contribution in [3.8, 4) is 5.69 Å². The molecule has 0 atom stereocenters. The molecule has 5 nitrogen and oxygen atoms in total. The van der Waals surface area contributed by atoms with E-state index in [1.54, 1.807) is 30.3 Å². The normalized spacial score (nSPS) is 11.6. The molecule has 0 aliphatic rings. The zero-order valence-electron chi connectivity index (χ0n) is 10.2. The van der Waals surface area contributed by atoms with E-state index in [0.717, 1.165) is 0 Å². The Hall–Kier alpha value is -2.22. The van der Waals surface area contributed by atoms with Crippen molar-refractivity contribution in [2.24, 2.45) is 0 Å². The van der Waals surface area contributed by atoms with Gasteiger partial charge in [0.1, 0.15) is 18.9 Å². The molecule has 1 aromatic carbocycles. The van der Waals surface area contributed by atoms with Crippen molar-refractivity contribution in [3.63, 3.8) is 0 Å². The van der Waals surface area contributed by atoms with Crippen LogP contribution in [0.2, 0.25) is 0 Å². The monoisotopic (exact) mass is 285 g/mol. The Morgan fingerprint density at radius 1 is 1.25 bits per heavy atom. The Bertz CT molecular complexity index is 581. The van der Waals surface area contributed by atoms with Crippen LogP contribution in [0.4, 0.5) is 13.2 Å². The Labute approximate surface area is 112 Å². The second-order valence-electron chi connectivity index (χ2n) is 3.90. The molecule has 0 radical (unpaired) electrons. The van der Waals surface area contributed by atoms with Gasteiger partial charge in [0, 0.05) is 0 Å². The standard InChI is InChI=1S/C12H10F3N3O2/c13-12(14,15)8-20-7-11(19)10-6-16-17-18(10)9-4-2-1-3-5-9/h1-6H,7-8H2. The molecular formula is C12H10F3N3O2.